The van der Waals surface area contributed by atoms with Crippen LogP contribution in [0.25, 0.3) is 0 Å². The molecule has 0 bridgehead atoms. The Balaban J connectivity index is 1.93. The second-order valence-electron chi connectivity index (χ2n) is 7.38. The fourth-order valence-electron chi connectivity index (χ4n) is 3.29. The summed E-state index contributed by atoms with van der Waals surface area (Å²) in [5.74, 6) is 0.430. The first-order valence-electron chi connectivity index (χ1n) is 8.70. The number of carbonyl (C=O) groups is 1. The van der Waals surface area contributed by atoms with Crippen LogP contribution in [0.4, 0.5) is 5.69 Å². The first-order chi connectivity index (χ1) is 12.6. The summed E-state index contributed by atoms with van der Waals surface area (Å²) in [6.07, 6.45) is 1.72. The fourth-order valence-corrected chi connectivity index (χ4v) is 3.80. The summed E-state index contributed by atoms with van der Waals surface area (Å²) in [7, 11) is -2.04. The first-order valence-corrected chi connectivity index (χ1v) is 10.5. The Morgan fingerprint density at radius 3 is 2.48 bits per heavy atom. The minimum atomic E-state index is -3.48. The van der Waals surface area contributed by atoms with Crippen LogP contribution in [0.5, 0.6) is 5.75 Å². The summed E-state index contributed by atoms with van der Waals surface area (Å²) < 4.78 is 31.0. The number of rotatable bonds is 4. The summed E-state index contributed by atoms with van der Waals surface area (Å²) in [6, 6.07) is 14.1. The van der Waals surface area contributed by atoms with Gasteiger partial charge in [0.05, 0.1) is 23.5 Å². The number of nitrogens with one attached hydrogen (secondary N) is 1. The molecule has 0 saturated heterocycles. The van der Waals surface area contributed by atoms with Gasteiger partial charge in [0.2, 0.25) is 10.0 Å². The number of nitrogens with zero attached hydrogens (tertiary/aromatic N) is 1. The zero-order chi connectivity index (χ0) is 19.8. The smallest absolute Gasteiger partial charge is 0.253 e. The van der Waals surface area contributed by atoms with E-state index in [-0.39, 0.29) is 11.9 Å². The molecule has 27 heavy (non-hydrogen) atoms. The van der Waals surface area contributed by atoms with Gasteiger partial charge >= 0.3 is 0 Å². The molecular weight excluding hydrogens is 364 g/mol. The van der Waals surface area contributed by atoms with E-state index in [1.165, 1.54) is 7.05 Å². The van der Waals surface area contributed by atoms with Crippen molar-refractivity contribution in [2.75, 3.05) is 17.6 Å². The quantitative estimate of drug-likeness (QED) is 0.873. The van der Waals surface area contributed by atoms with E-state index in [1.54, 1.807) is 24.3 Å². The molecule has 1 aliphatic heterocycles. The predicted molar refractivity (Wildman–Crippen MR) is 106 cm³/mol. The van der Waals surface area contributed by atoms with Crippen LogP contribution in [0.1, 0.15) is 42.2 Å². The van der Waals surface area contributed by atoms with E-state index in [0.29, 0.717) is 17.7 Å². The average molecular weight is 388 g/mol. The van der Waals surface area contributed by atoms with Crippen molar-refractivity contribution in [3.63, 3.8) is 0 Å². The van der Waals surface area contributed by atoms with Gasteiger partial charge in [0, 0.05) is 19.0 Å². The van der Waals surface area contributed by atoms with E-state index in [1.807, 2.05) is 38.1 Å². The maximum atomic E-state index is 13.0. The van der Waals surface area contributed by atoms with Crippen LogP contribution < -0.4 is 14.4 Å². The Morgan fingerprint density at radius 2 is 1.78 bits per heavy atom. The van der Waals surface area contributed by atoms with E-state index in [2.05, 4.69) is 5.32 Å². The Labute approximate surface area is 160 Å². The number of hydrogen-bond donors (Lipinski definition) is 1. The van der Waals surface area contributed by atoms with Gasteiger partial charge in [-0.3, -0.25) is 9.10 Å². The zero-order valence-corrected chi connectivity index (χ0v) is 16.7. The topological polar surface area (TPSA) is 75.7 Å². The van der Waals surface area contributed by atoms with E-state index in [0.717, 1.165) is 21.9 Å². The van der Waals surface area contributed by atoms with Crippen molar-refractivity contribution in [2.24, 2.45) is 0 Å². The highest BCUT2D eigenvalue weighted by Gasteiger charge is 2.34. The number of para-hydroxylation sites is 2. The number of benzene rings is 2. The van der Waals surface area contributed by atoms with Gasteiger partial charge < -0.3 is 10.1 Å². The van der Waals surface area contributed by atoms with E-state index in [9.17, 15) is 13.2 Å². The van der Waals surface area contributed by atoms with Crippen LogP contribution in [0.2, 0.25) is 0 Å². The molecule has 0 spiro atoms. The molecule has 1 heterocycles. The number of fused-ring (bicyclic) bond motifs is 1. The molecule has 1 unspecified atom stereocenters. The molecule has 1 N–H and O–H groups in total. The molecule has 1 atom stereocenters. The Morgan fingerprint density at radius 1 is 1.15 bits per heavy atom. The third kappa shape index (κ3) is 4.08. The van der Waals surface area contributed by atoms with E-state index >= 15 is 0 Å². The molecule has 7 heteroatoms. The fraction of sp³-hybridized carbons (Fsp3) is 0.350. The van der Waals surface area contributed by atoms with Crippen LogP contribution in [-0.4, -0.2) is 33.2 Å². The van der Waals surface area contributed by atoms with Gasteiger partial charge in [-0.1, -0.05) is 30.3 Å². The predicted octanol–water partition coefficient (Wildman–Crippen LogP) is 3.11. The van der Waals surface area contributed by atoms with Crippen LogP contribution in [0.3, 0.4) is 0 Å². The maximum Gasteiger partial charge on any atom is 0.253 e. The molecule has 0 fully saturated rings. The van der Waals surface area contributed by atoms with Crippen molar-refractivity contribution in [1.29, 1.82) is 0 Å². The zero-order valence-electron chi connectivity index (χ0n) is 15.9. The van der Waals surface area contributed by atoms with E-state index < -0.39 is 15.6 Å². The van der Waals surface area contributed by atoms with Gasteiger partial charge in [-0.15, -0.1) is 0 Å². The van der Waals surface area contributed by atoms with Crippen molar-refractivity contribution in [2.45, 2.75) is 31.9 Å². The number of sulfonamides is 1. The lowest BCUT2D eigenvalue weighted by Crippen LogP contribution is -2.41. The van der Waals surface area contributed by atoms with Crippen LogP contribution in [-0.2, 0) is 10.0 Å². The monoisotopic (exact) mass is 388 g/mol. The lowest BCUT2D eigenvalue weighted by Gasteiger charge is -2.38. The Hall–Kier alpha value is -2.54. The minimum Gasteiger partial charge on any atom is -0.487 e. The Kier molecular flexibility index (Phi) is 4.90. The standard InChI is InChI=1S/C20H24N2O4S/c1-20(2)13-16(14-9-6-8-12-18(14)26-20)21-19(23)15-10-5-7-11-17(15)22(3)27(4,24)25/h5-12,16H,13H2,1-4H3,(H,21,23). The normalized spacial score (nSPS) is 18.1. The average Bonchev–Trinajstić information content (AvgIpc) is 2.59. The van der Waals surface area contributed by atoms with Gasteiger partial charge in [-0.05, 0) is 32.0 Å². The molecule has 0 saturated carbocycles. The molecule has 144 valence electrons. The van der Waals surface area contributed by atoms with Gasteiger partial charge in [0.15, 0.2) is 0 Å². The number of ether oxygens (including phenoxy) is 1. The van der Waals surface area contributed by atoms with Crippen molar-refractivity contribution in [3.8, 4) is 5.75 Å². The summed E-state index contributed by atoms with van der Waals surface area (Å²) in [5.41, 5.74) is 1.15. The number of amides is 1. The van der Waals surface area contributed by atoms with Gasteiger partial charge in [0.25, 0.3) is 5.91 Å². The van der Waals surface area contributed by atoms with Gasteiger partial charge in [-0.25, -0.2) is 8.42 Å². The lowest BCUT2D eigenvalue weighted by molar-refractivity contribution is 0.0620. The van der Waals surface area contributed by atoms with Gasteiger partial charge in [-0.2, -0.15) is 0 Å². The summed E-state index contributed by atoms with van der Waals surface area (Å²) in [4.78, 5) is 13.0. The Bertz CT molecular complexity index is 969. The summed E-state index contributed by atoms with van der Waals surface area (Å²) in [6.45, 7) is 3.96. The summed E-state index contributed by atoms with van der Waals surface area (Å²) >= 11 is 0. The molecule has 0 radical (unpaired) electrons. The van der Waals surface area contributed by atoms with Gasteiger partial charge in [0.1, 0.15) is 11.4 Å². The molecule has 1 aliphatic rings. The second-order valence-corrected chi connectivity index (χ2v) is 9.39. The number of carbonyl (C=O) groups excluding carboxylic acids is 1. The molecule has 0 aliphatic carbocycles. The maximum absolute atomic E-state index is 13.0. The highest BCUT2D eigenvalue weighted by atomic mass is 32.2. The summed E-state index contributed by atoms with van der Waals surface area (Å²) in [5, 5.41) is 3.05. The SMILES string of the molecule is CN(c1ccccc1C(=O)NC1CC(C)(C)Oc2ccccc21)S(C)(=O)=O. The number of hydrogen-bond acceptors (Lipinski definition) is 4. The van der Waals surface area contributed by atoms with Crippen LogP contribution in [0.15, 0.2) is 48.5 Å². The van der Waals surface area contributed by atoms with E-state index in [4.69, 9.17) is 4.74 Å². The van der Waals surface area contributed by atoms with Crippen molar-refractivity contribution in [1.82, 2.24) is 5.32 Å². The third-order valence-corrected chi connectivity index (χ3v) is 5.86. The van der Waals surface area contributed by atoms with Crippen molar-refractivity contribution in [3.05, 3.63) is 59.7 Å². The van der Waals surface area contributed by atoms with Crippen molar-refractivity contribution >= 4 is 21.6 Å². The molecule has 3 rings (SSSR count). The highest BCUT2D eigenvalue weighted by molar-refractivity contribution is 7.92. The van der Waals surface area contributed by atoms with Crippen molar-refractivity contribution < 1.29 is 17.9 Å². The van der Waals surface area contributed by atoms with Crippen LogP contribution >= 0.6 is 0 Å². The molecule has 6 nitrogen and oxygen atoms in total. The minimum absolute atomic E-state index is 0.228. The molecule has 0 aromatic heterocycles. The largest absolute Gasteiger partial charge is 0.487 e. The molecular formula is C20H24N2O4S. The third-order valence-electron chi connectivity index (χ3n) is 4.67. The van der Waals surface area contributed by atoms with Crippen LogP contribution in [0, 0.1) is 0 Å². The molecule has 1 amide bonds. The first kappa shape index (κ1) is 19.2. The molecule has 2 aromatic carbocycles. The highest BCUT2D eigenvalue weighted by Crippen LogP contribution is 2.39. The molecule has 2 aromatic rings. The second kappa shape index (κ2) is 6.88. The lowest BCUT2D eigenvalue weighted by atomic mass is 9.89. The number of anilines is 1.